The second kappa shape index (κ2) is 9.22. The number of allylic oxidation sites excluding steroid dienone is 4. The van der Waals surface area contributed by atoms with Gasteiger partial charge in [-0.25, -0.2) is 0 Å². The van der Waals surface area contributed by atoms with Gasteiger partial charge in [0.15, 0.2) is 0 Å². The predicted octanol–water partition coefficient (Wildman–Crippen LogP) is 5.28. The second-order valence-corrected chi connectivity index (χ2v) is 18.0. The first-order chi connectivity index (χ1) is 8.97. The molecule has 1 aromatic carbocycles. The van der Waals surface area contributed by atoms with Crippen LogP contribution in [0.1, 0.15) is 24.5 Å². The van der Waals surface area contributed by atoms with Gasteiger partial charge >= 0.3 is 124 Å². The Hall–Kier alpha value is 0.0112. The Balaban J connectivity index is 0.00000200. The van der Waals surface area contributed by atoms with Gasteiger partial charge in [-0.05, 0) is 0 Å². The molecule has 1 nitrogen and oxygen atoms in total. The zero-order valence-corrected chi connectivity index (χ0v) is 17.7. The molecule has 0 aromatic heterocycles. The van der Waals surface area contributed by atoms with Crippen LogP contribution < -0.4 is 3.32 Å². The molecule has 0 N–H and O–H groups in total. The van der Waals surface area contributed by atoms with E-state index in [1.807, 2.05) is 0 Å². The van der Waals surface area contributed by atoms with Crippen molar-refractivity contribution in [2.45, 2.75) is 40.3 Å². The third-order valence-electron chi connectivity index (χ3n) is 3.41. The summed E-state index contributed by atoms with van der Waals surface area (Å²) in [6, 6.07) is 6.59. The molecular formula is C16H25Cl2OSiTi. The molecule has 0 atom stereocenters. The average molecular weight is 380 g/mol. The smallest absolute Gasteiger partial charge is 0.147 e. The molecule has 0 amide bonds. The van der Waals surface area contributed by atoms with Crippen LogP contribution in [0.4, 0.5) is 0 Å². The first kappa shape index (κ1) is 21.0. The van der Waals surface area contributed by atoms with Crippen molar-refractivity contribution in [1.29, 1.82) is 0 Å². The van der Waals surface area contributed by atoms with E-state index in [-0.39, 0.29) is 24.8 Å². The summed E-state index contributed by atoms with van der Waals surface area (Å²) >= 11 is -1.54. The molecule has 0 saturated heterocycles. The van der Waals surface area contributed by atoms with Crippen LogP contribution in [-0.4, -0.2) is 6.66 Å². The number of aryl methyl sites for hydroxylation is 2. The average Bonchev–Trinajstić information content (AvgIpc) is 2.70. The largest absolute Gasteiger partial charge is 0.147 e. The Morgan fingerprint density at radius 3 is 2.00 bits per heavy atom. The zero-order valence-electron chi connectivity index (χ0n) is 13.4. The molecule has 0 spiro atoms. The number of benzene rings is 1. The van der Waals surface area contributed by atoms with Crippen LogP contribution in [0, 0.1) is 13.8 Å². The van der Waals surface area contributed by atoms with E-state index in [1.165, 1.54) is 16.7 Å². The molecule has 0 unspecified atom stereocenters. The maximum atomic E-state index is 6.52. The third-order valence-corrected chi connectivity index (χ3v) is 13.9. The van der Waals surface area contributed by atoms with Gasteiger partial charge in [-0.2, -0.15) is 0 Å². The van der Waals surface area contributed by atoms with Crippen LogP contribution in [0.2, 0.25) is 13.1 Å². The van der Waals surface area contributed by atoms with Crippen molar-refractivity contribution in [3.05, 3.63) is 50.9 Å². The molecular weight excluding hydrogens is 355 g/mol. The number of hydrogen-bond acceptors (Lipinski definition) is 1. The van der Waals surface area contributed by atoms with Crippen molar-refractivity contribution in [2.24, 2.45) is 0 Å². The van der Waals surface area contributed by atoms with Gasteiger partial charge in [0.05, 0.1) is 0 Å². The summed E-state index contributed by atoms with van der Waals surface area (Å²) in [6.07, 6.45) is 5.69. The Morgan fingerprint density at radius 1 is 1.00 bits per heavy atom. The Kier molecular flexibility index (Phi) is 9.22. The van der Waals surface area contributed by atoms with Gasteiger partial charge in [0.2, 0.25) is 0 Å². The van der Waals surface area contributed by atoms with Crippen LogP contribution in [0.15, 0.2) is 39.8 Å². The maximum absolute atomic E-state index is 6.52. The normalized spacial score (nSPS) is 13.0. The van der Waals surface area contributed by atoms with E-state index in [2.05, 4.69) is 64.2 Å². The van der Waals surface area contributed by atoms with Gasteiger partial charge in [0, 0.05) is 0 Å². The summed E-state index contributed by atoms with van der Waals surface area (Å²) in [7, 11) is 0. The van der Waals surface area contributed by atoms with E-state index in [4.69, 9.17) is 3.32 Å². The van der Waals surface area contributed by atoms with E-state index in [9.17, 15) is 0 Å². The zero-order chi connectivity index (χ0) is 14.0. The molecule has 0 bridgehead atoms. The molecule has 0 radical (unpaired) electrons. The molecule has 21 heavy (non-hydrogen) atoms. The molecule has 1 aliphatic carbocycles. The molecule has 1 aromatic rings. The van der Waals surface area contributed by atoms with Gasteiger partial charge in [-0.3, -0.25) is 0 Å². The van der Waals surface area contributed by atoms with Crippen molar-refractivity contribution in [3.8, 4) is 5.75 Å². The van der Waals surface area contributed by atoms with Gasteiger partial charge in [0.1, 0.15) is 0 Å². The molecule has 5 heteroatoms. The van der Waals surface area contributed by atoms with Crippen molar-refractivity contribution >= 4 is 31.5 Å². The fourth-order valence-electron chi connectivity index (χ4n) is 2.56. The maximum Gasteiger partial charge on any atom is -0.147 e. The van der Waals surface area contributed by atoms with Crippen LogP contribution >= 0.6 is 24.8 Å². The van der Waals surface area contributed by atoms with Gasteiger partial charge in [-0.15, -0.1) is 24.8 Å². The minimum Gasteiger partial charge on any atom is -0.147 e. The second-order valence-electron chi connectivity index (χ2n) is 5.71. The SMILES string of the molecule is CC1=[C]([Ti]([O]c2cc(C)cc(C)c2)[SiH](C)C)CC=C1.Cl.Cl. The van der Waals surface area contributed by atoms with Crippen LogP contribution in [0.3, 0.4) is 0 Å². The minimum absolute atomic E-state index is 0. The predicted molar refractivity (Wildman–Crippen MR) is 96.4 cm³/mol. The van der Waals surface area contributed by atoms with E-state index in [0.717, 1.165) is 12.2 Å². The van der Waals surface area contributed by atoms with Crippen LogP contribution in [0.25, 0.3) is 0 Å². The molecule has 0 aliphatic heterocycles. The molecule has 1 aliphatic rings. The minimum atomic E-state index is -1.54. The first-order valence-electron chi connectivity index (χ1n) is 6.97. The number of halogens is 2. The van der Waals surface area contributed by atoms with Gasteiger partial charge in [0.25, 0.3) is 0 Å². The summed E-state index contributed by atoms with van der Waals surface area (Å²) in [5.41, 5.74) is 4.07. The van der Waals surface area contributed by atoms with E-state index in [0.29, 0.717) is 0 Å². The first-order valence-corrected chi connectivity index (χ1v) is 14.0. The number of rotatable bonds is 4. The van der Waals surface area contributed by atoms with E-state index < -0.39 is 24.2 Å². The molecule has 0 fully saturated rings. The summed E-state index contributed by atoms with van der Waals surface area (Å²) in [4.78, 5) is 0. The van der Waals surface area contributed by atoms with Crippen molar-refractivity contribution in [2.75, 3.05) is 0 Å². The monoisotopic (exact) mass is 379 g/mol. The summed E-state index contributed by atoms with van der Waals surface area (Å²) in [5, 5.41) is 0. The van der Waals surface area contributed by atoms with Crippen LogP contribution in [0.5, 0.6) is 5.75 Å². The topological polar surface area (TPSA) is 9.23 Å². The van der Waals surface area contributed by atoms with Gasteiger partial charge < -0.3 is 0 Å². The van der Waals surface area contributed by atoms with Crippen molar-refractivity contribution in [1.82, 2.24) is 0 Å². The van der Waals surface area contributed by atoms with E-state index in [1.54, 1.807) is 3.88 Å². The van der Waals surface area contributed by atoms with E-state index >= 15 is 0 Å². The molecule has 2 rings (SSSR count). The van der Waals surface area contributed by atoms with Crippen LogP contribution in [-0.2, 0) is 17.5 Å². The Bertz CT molecular complexity index is 521. The third kappa shape index (κ3) is 5.61. The van der Waals surface area contributed by atoms with Crippen molar-refractivity contribution < 1.29 is 20.8 Å². The fraction of sp³-hybridized carbons (Fsp3) is 0.375. The Morgan fingerprint density at radius 2 is 1.57 bits per heavy atom. The standard InChI is InChI=1S/C8H10O.C6H7.C2H7Si.2ClH.Ti/c1-6-3-7(2)5-8(9)4-6;1-6-4-2-3-5-6;1-3-2;;;/h3-5,9H,1-2H3;2,4H,3H2,1H3;3H,1-2H3;2*1H;/q;;;;;+1/p-1. The Labute approximate surface area is 148 Å². The van der Waals surface area contributed by atoms with Crippen molar-refractivity contribution in [3.63, 3.8) is 0 Å². The van der Waals surface area contributed by atoms with Gasteiger partial charge in [-0.1, -0.05) is 0 Å². The fourth-order valence-corrected chi connectivity index (χ4v) is 11.9. The number of hydrogen-bond donors (Lipinski definition) is 0. The molecule has 0 heterocycles. The summed E-state index contributed by atoms with van der Waals surface area (Å²) < 4.78 is 8.18. The molecule has 117 valence electrons. The summed E-state index contributed by atoms with van der Waals surface area (Å²) in [6.45, 7) is 10.7. The summed E-state index contributed by atoms with van der Waals surface area (Å²) in [5.74, 6) is 1.10. The molecule has 0 saturated carbocycles. The quantitative estimate of drug-likeness (QED) is 0.646.